The Morgan fingerprint density at radius 3 is 2.64 bits per heavy atom. The maximum Gasteiger partial charge on any atom is 0.414 e. The van der Waals surface area contributed by atoms with E-state index in [4.69, 9.17) is 15.2 Å². The van der Waals surface area contributed by atoms with E-state index in [9.17, 15) is 14.7 Å². The summed E-state index contributed by atoms with van der Waals surface area (Å²) in [6, 6.07) is 2.51. The van der Waals surface area contributed by atoms with Crippen molar-refractivity contribution in [1.82, 2.24) is 10.3 Å². The molecule has 1 saturated heterocycles. The van der Waals surface area contributed by atoms with E-state index in [1.165, 1.54) is 0 Å². The number of amides is 2. The zero-order valence-corrected chi connectivity index (χ0v) is 16.3. The fraction of sp³-hybridized carbons (Fsp3) is 0.632. The molecule has 154 valence electrons. The molecule has 2 aliphatic rings. The number of β-amino-alcohol motifs (C(OH)–C–C–N with tert-alkyl or cyclic N) is 1. The lowest BCUT2D eigenvalue weighted by Crippen LogP contribution is -2.51. The highest BCUT2D eigenvalue weighted by atomic mass is 16.6. The molecule has 2 amide bonds. The van der Waals surface area contributed by atoms with Gasteiger partial charge in [-0.25, -0.2) is 4.79 Å². The molecular formula is C19H28N4O5. The summed E-state index contributed by atoms with van der Waals surface area (Å²) in [6.07, 6.45) is 1.55. The zero-order chi connectivity index (χ0) is 20.3. The number of nitrogens with zero attached hydrogens (tertiary/aromatic N) is 2. The SMILES string of the molecule is CC(C)C[C@H](NC(=O)Oc1ccc(N2CC(O)C2)c(OCC2CC2)n1)C(N)=O. The summed E-state index contributed by atoms with van der Waals surface area (Å²) in [6.45, 7) is 5.44. The highest BCUT2D eigenvalue weighted by Gasteiger charge is 2.29. The van der Waals surface area contributed by atoms with Crippen molar-refractivity contribution >= 4 is 17.7 Å². The number of ether oxygens (including phenoxy) is 2. The third kappa shape index (κ3) is 5.48. The largest absolute Gasteiger partial charge is 0.476 e. The Morgan fingerprint density at radius 2 is 2.07 bits per heavy atom. The van der Waals surface area contributed by atoms with Gasteiger partial charge in [-0.05, 0) is 37.2 Å². The molecule has 9 nitrogen and oxygen atoms in total. The van der Waals surface area contributed by atoms with E-state index in [0.717, 1.165) is 18.5 Å². The van der Waals surface area contributed by atoms with Gasteiger partial charge >= 0.3 is 6.09 Å². The number of hydrogen-bond acceptors (Lipinski definition) is 7. The second-order valence-corrected chi connectivity index (χ2v) is 7.91. The normalized spacial score (nSPS) is 17.8. The van der Waals surface area contributed by atoms with E-state index < -0.39 is 18.0 Å². The molecule has 9 heteroatoms. The van der Waals surface area contributed by atoms with Gasteiger partial charge in [0.15, 0.2) is 0 Å². The summed E-state index contributed by atoms with van der Waals surface area (Å²) >= 11 is 0. The topological polar surface area (TPSA) is 127 Å². The van der Waals surface area contributed by atoms with Crippen molar-refractivity contribution in [2.75, 3.05) is 24.6 Å². The summed E-state index contributed by atoms with van der Waals surface area (Å²) in [4.78, 5) is 29.9. The van der Waals surface area contributed by atoms with Crippen LogP contribution in [0, 0.1) is 11.8 Å². The third-order valence-corrected chi connectivity index (χ3v) is 4.71. The van der Waals surface area contributed by atoms with Crippen LogP contribution in [0.4, 0.5) is 10.5 Å². The first-order valence-corrected chi connectivity index (χ1v) is 9.66. The Kier molecular flexibility index (Phi) is 6.23. The highest BCUT2D eigenvalue weighted by molar-refractivity contribution is 5.84. The Balaban J connectivity index is 1.65. The number of anilines is 1. The van der Waals surface area contributed by atoms with Crippen LogP contribution < -0.4 is 25.4 Å². The van der Waals surface area contributed by atoms with Crippen molar-refractivity contribution in [3.05, 3.63) is 12.1 Å². The second-order valence-electron chi connectivity index (χ2n) is 7.91. The van der Waals surface area contributed by atoms with Crippen LogP contribution in [-0.2, 0) is 4.79 Å². The lowest BCUT2D eigenvalue weighted by molar-refractivity contribution is -0.120. The molecule has 2 heterocycles. The van der Waals surface area contributed by atoms with E-state index in [-0.39, 0.29) is 17.9 Å². The molecule has 1 atom stereocenters. The van der Waals surface area contributed by atoms with Gasteiger partial charge in [0.05, 0.1) is 12.7 Å². The molecule has 28 heavy (non-hydrogen) atoms. The minimum Gasteiger partial charge on any atom is -0.476 e. The van der Waals surface area contributed by atoms with Gasteiger partial charge in [-0.2, -0.15) is 4.98 Å². The fourth-order valence-electron chi connectivity index (χ4n) is 2.94. The van der Waals surface area contributed by atoms with Crippen LogP contribution in [0.1, 0.15) is 33.1 Å². The number of aliphatic hydroxyl groups excluding tert-OH is 1. The van der Waals surface area contributed by atoms with E-state index in [2.05, 4.69) is 10.3 Å². The summed E-state index contributed by atoms with van der Waals surface area (Å²) in [5.74, 6) is 0.554. The average Bonchev–Trinajstić information content (AvgIpc) is 3.41. The number of carbonyl (C=O) groups is 2. The Bertz CT molecular complexity index is 716. The summed E-state index contributed by atoms with van der Waals surface area (Å²) in [5.41, 5.74) is 6.10. The summed E-state index contributed by atoms with van der Waals surface area (Å²) < 4.78 is 11.1. The molecule has 1 aromatic heterocycles. The molecule has 0 radical (unpaired) electrons. The number of pyridine rings is 1. The van der Waals surface area contributed by atoms with Crippen molar-refractivity contribution in [3.8, 4) is 11.8 Å². The summed E-state index contributed by atoms with van der Waals surface area (Å²) in [5, 5.41) is 12.0. The molecular weight excluding hydrogens is 364 g/mol. The zero-order valence-electron chi connectivity index (χ0n) is 16.3. The van der Waals surface area contributed by atoms with Crippen LogP contribution in [0.25, 0.3) is 0 Å². The smallest absolute Gasteiger partial charge is 0.414 e. The molecule has 1 saturated carbocycles. The average molecular weight is 392 g/mol. The maximum absolute atomic E-state index is 12.2. The standard InChI is InChI=1S/C19H28N4O5/c1-11(2)7-14(17(20)25)21-19(26)28-16-6-5-15(23-8-13(24)9-23)18(22-16)27-10-12-3-4-12/h5-6,11-14,24H,3-4,7-10H2,1-2H3,(H2,20,25)(H,21,26)/t14-/m0/s1. The van der Waals surface area contributed by atoms with E-state index in [1.54, 1.807) is 12.1 Å². The van der Waals surface area contributed by atoms with Crippen LogP contribution in [0.5, 0.6) is 11.8 Å². The van der Waals surface area contributed by atoms with Crippen LogP contribution in [-0.4, -0.2) is 53.9 Å². The number of carbonyl (C=O) groups excluding carboxylic acids is 2. The number of hydrogen-bond donors (Lipinski definition) is 3. The van der Waals surface area contributed by atoms with Gasteiger partial charge in [0.2, 0.25) is 17.7 Å². The monoisotopic (exact) mass is 392 g/mol. The fourth-order valence-corrected chi connectivity index (χ4v) is 2.94. The number of aromatic nitrogens is 1. The van der Waals surface area contributed by atoms with Crippen molar-refractivity contribution in [2.24, 2.45) is 17.6 Å². The molecule has 0 bridgehead atoms. The van der Waals surface area contributed by atoms with Gasteiger partial charge in [0.1, 0.15) is 11.7 Å². The van der Waals surface area contributed by atoms with Gasteiger partial charge in [0, 0.05) is 19.2 Å². The third-order valence-electron chi connectivity index (χ3n) is 4.71. The maximum atomic E-state index is 12.2. The lowest BCUT2D eigenvalue weighted by atomic mass is 10.0. The van der Waals surface area contributed by atoms with Crippen molar-refractivity contribution < 1.29 is 24.2 Å². The molecule has 2 fully saturated rings. The van der Waals surface area contributed by atoms with Crippen LogP contribution in [0.15, 0.2) is 12.1 Å². The van der Waals surface area contributed by atoms with Gasteiger partial charge in [-0.3, -0.25) is 4.79 Å². The molecule has 4 N–H and O–H groups in total. The van der Waals surface area contributed by atoms with Gasteiger partial charge in [0.25, 0.3) is 0 Å². The Hall–Kier alpha value is -2.55. The van der Waals surface area contributed by atoms with Crippen molar-refractivity contribution in [1.29, 1.82) is 0 Å². The molecule has 1 aliphatic heterocycles. The first-order valence-electron chi connectivity index (χ1n) is 9.66. The predicted molar refractivity (Wildman–Crippen MR) is 102 cm³/mol. The number of primary amides is 1. The van der Waals surface area contributed by atoms with Gasteiger partial charge in [-0.1, -0.05) is 13.8 Å². The molecule has 1 aromatic rings. The molecule has 0 spiro atoms. The van der Waals surface area contributed by atoms with E-state index in [1.807, 2.05) is 18.7 Å². The van der Waals surface area contributed by atoms with Crippen LogP contribution in [0.3, 0.4) is 0 Å². The Morgan fingerprint density at radius 1 is 1.36 bits per heavy atom. The lowest BCUT2D eigenvalue weighted by Gasteiger charge is -2.38. The Labute approximate surface area is 164 Å². The second kappa shape index (κ2) is 8.64. The minimum absolute atomic E-state index is 0.0703. The number of nitrogens with one attached hydrogen (secondary N) is 1. The highest BCUT2D eigenvalue weighted by Crippen LogP contribution is 2.35. The number of nitrogens with two attached hydrogens (primary N) is 1. The molecule has 1 aliphatic carbocycles. The number of aliphatic hydroxyl groups is 1. The van der Waals surface area contributed by atoms with Crippen LogP contribution >= 0.6 is 0 Å². The van der Waals surface area contributed by atoms with E-state index >= 15 is 0 Å². The van der Waals surface area contributed by atoms with E-state index in [0.29, 0.717) is 37.9 Å². The molecule has 0 aromatic carbocycles. The predicted octanol–water partition coefficient (Wildman–Crippen LogP) is 1.04. The van der Waals surface area contributed by atoms with Gasteiger partial charge < -0.3 is 30.5 Å². The first-order chi connectivity index (χ1) is 13.3. The number of rotatable bonds is 9. The van der Waals surface area contributed by atoms with Gasteiger partial charge in [-0.15, -0.1) is 0 Å². The van der Waals surface area contributed by atoms with Crippen molar-refractivity contribution in [3.63, 3.8) is 0 Å². The quantitative estimate of drug-likeness (QED) is 0.573. The minimum atomic E-state index is -0.806. The summed E-state index contributed by atoms with van der Waals surface area (Å²) in [7, 11) is 0. The van der Waals surface area contributed by atoms with Crippen LogP contribution in [0.2, 0.25) is 0 Å². The van der Waals surface area contributed by atoms with Crippen molar-refractivity contribution in [2.45, 2.75) is 45.3 Å². The first kappa shape index (κ1) is 20.2. The molecule has 3 rings (SSSR count). The molecule has 0 unspecified atom stereocenters.